The third kappa shape index (κ3) is 3.19. The van der Waals surface area contributed by atoms with Gasteiger partial charge in [0.15, 0.2) is 0 Å². The SMILES string of the molecule is O=C(CN1CCc2sccc2C1)Nc1ccnn1C1CCCC1. The smallest absolute Gasteiger partial charge is 0.239 e. The maximum Gasteiger partial charge on any atom is 0.239 e. The monoisotopic (exact) mass is 330 g/mol. The van der Waals surface area contributed by atoms with E-state index in [1.54, 1.807) is 6.20 Å². The van der Waals surface area contributed by atoms with E-state index in [1.165, 1.54) is 23.3 Å². The number of rotatable bonds is 4. The van der Waals surface area contributed by atoms with Crippen LogP contribution in [0.25, 0.3) is 0 Å². The van der Waals surface area contributed by atoms with Crippen molar-refractivity contribution in [3.63, 3.8) is 0 Å². The van der Waals surface area contributed by atoms with Crippen LogP contribution in [-0.4, -0.2) is 33.7 Å². The van der Waals surface area contributed by atoms with E-state index in [4.69, 9.17) is 0 Å². The Morgan fingerprint density at radius 1 is 1.35 bits per heavy atom. The molecule has 3 heterocycles. The lowest BCUT2D eigenvalue weighted by Crippen LogP contribution is -2.37. The van der Waals surface area contributed by atoms with Gasteiger partial charge in [-0.15, -0.1) is 11.3 Å². The average Bonchev–Trinajstić information content (AvgIpc) is 3.27. The Morgan fingerprint density at radius 2 is 2.22 bits per heavy atom. The van der Waals surface area contributed by atoms with Crippen molar-refractivity contribution in [3.8, 4) is 0 Å². The van der Waals surface area contributed by atoms with Crippen molar-refractivity contribution in [1.29, 1.82) is 0 Å². The quantitative estimate of drug-likeness (QED) is 0.937. The third-order valence-corrected chi connectivity index (χ3v) is 5.89. The Kier molecular flexibility index (Phi) is 4.18. The lowest BCUT2D eigenvalue weighted by Gasteiger charge is -2.26. The van der Waals surface area contributed by atoms with E-state index in [2.05, 4.69) is 26.8 Å². The van der Waals surface area contributed by atoms with Gasteiger partial charge < -0.3 is 5.32 Å². The molecule has 1 aliphatic carbocycles. The molecule has 0 bridgehead atoms. The van der Waals surface area contributed by atoms with Gasteiger partial charge in [-0.2, -0.15) is 5.10 Å². The van der Waals surface area contributed by atoms with Crippen molar-refractivity contribution in [1.82, 2.24) is 14.7 Å². The fourth-order valence-corrected chi connectivity index (χ4v) is 4.57. The Hall–Kier alpha value is -1.66. The summed E-state index contributed by atoms with van der Waals surface area (Å²) in [6, 6.07) is 4.53. The topological polar surface area (TPSA) is 50.2 Å². The minimum Gasteiger partial charge on any atom is -0.310 e. The number of nitrogens with zero attached hydrogens (tertiary/aromatic N) is 3. The Labute approximate surface area is 140 Å². The van der Waals surface area contributed by atoms with E-state index in [1.807, 2.05) is 22.1 Å². The predicted octanol–water partition coefficient (Wildman–Crippen LogP) is 3.06. The molecular weight excluding hydrogens is 308 g/mol. The molecule has 5 nitrogen and oxygen atoms in total. The number of nitrogens with one attached hydrogen (secondary N) is 1. The minimum atomic E-state index is 0.0587. The Balaban J connectivity index is 1.37. The van der Waals surface area contributed by atoms with Crippen LogP contribution in [0.5, 0.6) is 0 Å². The highest BCUT2D eigenvalue weighted by molar-refractivity contribution is 7.10. The largest absolute Gasteiger partial charge is 0.310 e. The van der Waals surface area contributed by atoms with Gasteiger partial charge in [0.25, 0.3) is 0 Å². The molecule has 2 aromatic rings. The zero-order chi connectivity index (χ0) is 15.6. The van der Waals surface area contributed by atoms with Crippen molar-refractivity contribution in [3.05, 3.63) is 34.2 Å². The van der Waals surface area contributed by atoms with Crippen LogP contribution >= 0.6 is 11.3 Å². The summed E-state index contributed by atoms with van der Waals surface area (Å²) in [5, 5.41) is 9.61. The molecule has 0 unspecified atom stereocenters. The molecule has 0 spiro atoms. The fraction of sp³-hybridized carbons (Fsp3) is 0.529. The highest BCUT2D eigenvalue weighted by Gasteiger charge is 2.22. The van der Waals surface area contributed by atoms with Gasteiger partial charge in [0.1, 0.15) is 5.82 Å². The fourth-order valence-electron chi connectivity index (χ4n) is 3.68. The first-order valence-corrected chi connectivity index (χ1v) is 9.28. The van der Waals surface area contributed by atoms with Gasteiger partial charge in [0.05, 0.1) is 18.8 Å². The highest BCUT2D eigenvalue weighted by atomic mass is 32.1. The van der Waals surface area contributed by atoms with Crippen LogP contribution in [0.1, 0.15) is 42.2 Å². The van der Waals surface area contributed by atoms with E-state index < -0.39 is 0 Å². The standard InChI is InChI=1S/C17H22N4OS/c22-17(12-20-9-6-15-13(11-20)7-10-23-15)19-16-5-8-18-21(16)14-3-1-2-4-14/h5,7-8,10,14H,1-4,6,9,11-12H2,(H,19,22). The van der Waals surface area contributed by atoms with Crippen molar-refractivity contribution in [2.45, 2.75) is 44.7 Å². The molecule has 0 saturated heterocycles. The van der Waals surface area contributed by atoms with Crippen molar-refractivity contribution in [2.75, 3.05) is 18.4 Å². The molecule has 1 fully saturated rings. The number of anilines is 1. The zero-order valence-electron chi connectivity index (χ0n) is 13.2. The van der Waals surface area contributed by atoms with Gasteiger partial charge in [0.2, 0.25) is 5.91 Å². The molecule has 122 valence electrons. The van der Waals surface area contributed by atoms with Crippen LogP contribution in [0, 0.1) is 0 Å². The van der Waals surface area contributed by atoms with Gasteiger partial charge >= 0.3 is 0 Å². The summed E-state index contributed by atoms with van der Waals surface area (Å²) >= 11 is 1.83. The molecule has 23 heavy (non-hydrogen) atoms. The summed E-state index contributed by atoms with van der Waals surface area (Å²) in [4.78, 5) is 16.1. The first-order valence-electron chi connectivity index (χ1n) is 8.40. The molecule has 6 heteroatoms. The van der Waals surface area contributed by atoms with Crippen LogP contribution in [0.15, 0.2) is 23.7 Å². The summed E-state index contributed by atoms with van der Waals surface area (Å²) < 4.78 is 2.00. The number of thiophene rings is 1. The maximum absolute atomic E-state index is 12.4. The van der Waals surface area contributed by atoms with Crippen LogP contribution in [0.2, 0.25) is 0 Å². The number of hydrogen-bond donors (Lipinski definition) is 1. The van der Waals surface area contributed by atoms with Crippen molar-refractivity contribution in [2.24, 2.45) is 0 Å². The third-order valence-electron chi connectivity index (χ3n) is 4.86. The Bertz CT molecular complexity index is 686. The van der Waals surface area contributed by atoms with E-state index in [0.717, 1.165) is 38.2 Å². The number of fused-ring (bicyclic) bond motifs is 1. The van der Waals surface area contributed by atoms with E-state index in [0.29, 0.717) is 12.6 Å². The first-order chi connectivity index (χ1) is 11.3. The highest BCUT2D eigenvalue weighted by Crippen LogP contribution is 2.31. The normalized spacial score (nSPS) is 19.0. The molecule has 2 aliphatic rings. The second kappa shape index (κ2) is 6.45. The maximum atomic E-state index is 12.4. The lowest BCUT2D eigenvalue weighted by atomic mass is 10.1. The summed E-state index contributed by atoms with van der Waals surface area (Å²) in [6.07, 6.45) is 7.69. The molecule has 1 saturated carbocycles. The first kappa shape index (κ1) is 14.9. The summed E-state index contributed by atoms with van der Waals surface area (Å²) in [6.45, 7) is 2.29. The van der Waals surface area contributed by atoms with E-state index in [9.17, 15) is 4.79 Å². The van der Waals surface area contributed by atoms with Gasteiger partial charge in [-0.05, 0) is 36.3 Å². The predicted molar refractivity (Wildman–Crippen MR) is 91.7 cm³/mol. The van der Waals surface area contributed by atoms with Gasteiger partial charge in [-0.3, -0.25) is 9.69 Å². The summed E-state index contributed by atoms with van der Waals surface area (Å²) in [7, 11) is 0. The average molecular weight is 330 g/mol. The second-order valence-corrected chi connectivity index (χ2v) is 7.48. The van der Waals surface area contributed by atoms with Gasteiger partial charge in [-0.1, -0.05) is 12.8 Å². The molecule has 2 aromatic heterocycles. The number of aromatic nitrogens is 2. The number of carbonyl (C=O) groups is 1. The number of hydrogen-bond acceptors (Lipinski definition) is 4. The van der Waals surface area contributed by atoms with Gasteiger partial charge in [0, 0.05) is 24.0 Å². The van der Waals surface area contributed by atoms with Crippen LogP contribution in [0.4, 0.5) is 5.82 Å². The summed E-state index contributed by atoms with van der Waals surface area (Å²) in [5.74, 6) is 0.901. The summed E-state index contributed by atoms with van der Waals surface area (Å²) in [5.41, 5.74) is 1.38. The molecule has 1 aliphatic heterocycles. The molecule has 0 radical (unpaired) electrons. The van der Waals surface area contributed by atoms with E-state index in [-0.39, 0.29) is 5.91 Å². The van der Waals surface area contributed by atoms with Crippen molar-refractivity contribution >= 4 is 23.1 Å². The van der Waals surface area contributed by atoms with Crippen LogP contribution < -0.4 is 5.32 Å². The van der Waals surface area contributed by atoms with E-state index >= 15 is 0 Å². The number of amides is 1. The molecule has 0 aromatic carbocycles. The zero-order valence-corrected chi connectivity index (χ0v) is 14.0. The number of carbonyl (C=O) groups excluding carboxylic acids is 1. The molecule has 1 N–H and O–H groups in total. The molecule has 1 amide bonds. The minimum absolute atomic E-state index is 0.0587. The van der Waals surface area contributed by atoms with Gasteiger partial charge in [-0.25, -0.2) is 4.68 Å². The van der Waals surface area contributed by atoms with Crippen LogP contribution in [0.3, 0.4) is 0 Å². The lowest BCUT2D eigenvalue weighted by molar-refractivity contribution is -0.117. The molecule has 4 rings (SSSR count). The molecular formula is C17H22N4OS. The Morgan fingerprint density at radius 3 is 3.09 bits per heavy atom. The molecule has 0 atom stereocenters. The second-order valence-electron chi connectivity index (χ2n) is 6.48. The van der Waals surface area contributed by atoms with Crippen molar-refractivity contribution < 1.29 is 4.79 Å². The van der Waals surface area contributed by atoms with Crippen LogP contribution in [-0.2, 0) is 17.8 Å².